The van der Waals surface area contributed by atoms with Crippen LogP contribution in [-0.2, 0) is 30.4 Å². The molecule has 4 aromatic rings. The summed E-state index contributed by atoms with van der Waals surface area (Å²) in [6.45, 7) is 0.588. The standard InChI is InChI=1S/C30H23F8N5O2/c1-14(16-7-17(31)10-18(32)8-16)25(26-19(3-2-6-40-26)15-4-5-22(33)20(9-15)28(39)45)41-24(44)13-43-23-12-29(34,35)11-21(23)27(42-43)30(36,37)38/h2-10,14,25H,11-13H2,1H3,(H2,39,45)(H,41,44)/t14-,25+/m1/s1. The van der Waals surface area contributed by atoms with E-state index in [1.165, 1.54) is 31.3 Å². The summed E-state index contributed by atoms with van der Waals surface area (Å²) >= 11 is 0. The van der Waals surface area contributed by atoms with Gasteiger partial charge < -0.3 is 11.1 Å². The lowest BCUT2D eigenvalue weighted by Gasteiger charge is -2.27. The molecule has 0 radical (unpaired) electrons. The first-order chi connectivity index (χ1) is 21.0. The van der Waals surface area contributed by atoms with Crippen LogP contribution in [0.3, 0.4) is 0 Å². The number of nitrogens with two attached hydrogens (primary N) is 1. The molecule has 45 heavy (non-hydrogen) atoms. The molecule has 3 N–H and O–H groups in total. The molecule has 7 nitrogen and oxygen atoms in total. The number of nitrogens with one attached hydrogen (secondary N) is 1. The van der Waals surface area contributed by atoms with E-state index >= 15 is 0 Å². The summed E-state index contributed by atoms with van der Waals surface area (Å²) in [7, 11) is 0. The molecule has 2 heterocycles. The van der Waals surface area contributed by atoms with Crippen molar-refractivity contribution in [2.24, 2.45) is 5.73 Å². The first-order valence-corrected chi connectivity index (χ1v) is 13.4. The average molecular weight is 638 g/mol. The number of rotatable bonds is 8. The fourth-order valence-corrected chi connectivity index (χ4v) is 5.45. The van der Waals surface area contributed by atoms with Gasteiger partial charge in [0.2, 0.25) is 5.91 Å². The van der Waals surface area contributed by atoms with Gasteiger partial charge >= 0.3 is 6.18 Å². The predicted molar refractivity (Wildman–Crippen MR) is 143 cm³/mol. The number of primary amides is 1. The first kappa shape index (κ1) is 31.6. The van der Waals surface area contributed by atoms with Crippen LogP contribution in [-0.4, -0.2) is 32.5 Å². The van der Waals surface area contributed by atoms with Crippen molar-refractivity contribution < 1.29 is 44.7 Å². The van der Waals surface area contributed by atoms with Crippen molar-refractivity contribution in [3.05, 3.63) is 106 Å². The molecular formula is C30H23F8N5O2. The van der Waals surface area contributed by atoms with E-state index in [0.717, 1.165) is 24.3 Å². The Bertz CT molecular complexity index is 1780. The molecule has 5 rings (SSSR count). The predicted octanol–water partition coefficient (Wildman–Crippen LogP) is 5.88. The zero-order valence-electron chi connectivity index (χ0n) is 23.2. The number of nitrogens with zero attached hydrogens (tertiary/aromatic N) is 3. The Balaban J connectivity index is 1.57. The molecule has 0 saturated carbocycles. The van der Waals surface area contributed by atoms with Gasteiger partial charge in [-0.1, -0.05) is 19.1 Å². The van der Waals surface area contributed by atoms with Gasteiger partial charge in [-0.25, -0.2) is 22.0 Å². The lowest BCUT2D eigenvalue weighted by atomic mass is 9.87. The van der Waals surface area contributed by atoms with Crippen molar-refractivity contribution in [1.29, 1.82) is 0 Å². The minimum Gasteiger partial charge on any atom is -0.366 e. The summed E-state index contributed by atoms with van der Waals surface area (Å²) < 4.78 is 112. The molecule has 0 aliphatic heterocycles. The minimum absolute atomic E-state index is 0.0605. The highest BCUT2D eigenvalue weighted by Gasteiger charge is 2.48. The number of carbonyl (C=O) groups is 2. The average Bonchev–Trinajstić information content (AvgIpc) is 3.43. The summed E-state index contributed by atoms with van der Waals surface area (Å²) in [6, 6.07) is 7.84. The number of pyridine rings is 1. The summed E-state index contributed by atoms with van der Waals surface area (Å²) in [5, 5.41) is 6.01. The SMILES string of the molecule is C[C@H](c1cc(F)cc(F)c1)[C@H](NC(=O)Cn1nc(C(F)(F)F)c2c1CC(F)(F)C2)c1ncccc1-c1ccc(F)c(C(N)=O)c1. The Morgan fingerprint density at radius 3 is 2.38 bits per heavy atom. The maximum Gasteiger partial charge on any atom is 0.435 e. The molecule has 236 valence electrons. The fourth-order valence-electron chi connectivity index (χ4n) is 5.45. The van der Waals surface area contributed by atoms with Crippen molar-refractivity contribution in [3.8, 4) is 11.1 Å². The second-order valence-corrected chi connectivity index (χ2v) is 10.7. The summed E-state index contributed by atoms with van der Waals surface area (Å²) in [5.41, 5.74) is 2.78. The van der Waals surface area contributed by atoms with Crippen molar-refractivity contribution >= 4 is 11.8 Å². The lowest BCUT2D eigenvalue weighted by molar-refractivity contribution is -0.142. The molecule has 15 heteroatoms. The second kappa shape index (κ2) is 11.6. The van der Waals surface area contributed by atoms with E-state index in [2.05, 4.69) is 15.4 Å². The van der Waals surface area contributed by atoms with Crippen LogP contribution in [0.15, 0.2) is 54.7 Å². The van der Waals surface area contributed by atoms with Crippen LogP contribution in [0.2, 0.25) is 0 Å². The van der Waals surface area contributed by atoms with Crippen molar-refractivity contribution in [1.82, 2.24) is 20.1 Å². The molecule has 2 aromatic carbocycles. The molecule has 2 aromatic heterocycles. The molecule has 0 fully saturated rings. The summed E-state index contributed by atoms with van der Waals surface area (Å²) in [5.74, 6) is -9.23. The third kappa shape index (κ3) is 6.51. The normalized spacial score (nSPS) is 15.4. The molecule has 0 saturated heterocycles. The van der Waals surface area contributed by atoms with Crippen LogP contribution in [0.1, 0.15) is 57.5 Å². The highest BCUT2D eigenvalue weighted by atomic mass is 19.4. The van der Waals surface area contributed by atoms with Gasteiger partial charge in [0, 0.05) is 41.4 Å². The molecule has 0 unspecified atom stereocenters. The third-order valence-electron chi connectivity index (χ3n) is 7.49. The molecule has 1 aliphatic carbocycles. The van der Waals surface area contributed by atoms with Gasteiger partial charge in [0.25, 0.3) is 11.8 Å². The molecule has 1 aliphatic rings. The lowest BCUT2D eigenvalue weighted by Crippen LogP contribution is -2.36. The molecule has 0 bridgehead atoms. The van der Waals surface area contributed by atoms with Crippen LogP contribution >= 0.6 is 0 Å². The number of hydrogen-bond acceptors (Lipinski definition) is 4. The monoisotopic (exact) mass is 637 g/mol. The molecule has 2 atom stereocenters. The number of aromatic nitrogens is 3. The maximum absolute atomic E-state index is 14.2. The van der Waals surface area contributed by atoms with Crippen LogP contribution in [0, 0.1) is 17.5 Å². The first-order valence-electron chi connectivity index (χ1n) is 13.4. The smallest absolute Gasteiger partial charge is 0.366 e. The summed E-state index contributed by atoms with van der Waals surface area (Å²) in [6.07, 6.45) is -5.97. The van der Waals surface area contributed by atoms with E-state index < -0.39 is 95.2 Å². The Hall–Kier alpha value is -4.82. The van der Waals surface area contributed by atoms with E-state index in [9.17, 15) is 44.7 Å². The van der Waals surface area contributed by atoms with Crippen LogP contribution in [0.4, 0.5) is 35.1 Å². The van der Waals surface area contributed by atoms with E-state index in [1.807, 2.05) is 0 Å². The van der Waals surface area contributed by atoms with Crippen LogP contribution < -0.4 is 11.1 Å². The Morgan fingerprint density at radius 2 is 1.73 bits per heavy atom. The minimum atomic E-state index is -5.05. The van der Waals surface area contributed by atoms with E-state index in [0.29, 0.717) is 10.7 Å². The van der Waals surface area contributed by atoms with Gasteiger partial charge in [0.05, 0.1) is 23.7 Å². The van der Waals surface area contributed by atoms with Crippen LogP contribution in [0.25, 0.3) is 11.1 Å². The number of halogens is 8. The van der Waals surface area contributed by atoms with Gasteiger partial charge in [-0.05, 0) is 41.5 Å². The Morgan fingerprint density at radius 1 is 1.04 bits per heavy atom. The van der Waals surface area contributed by atoms with Crippen molar-refractivity contribution in [3.63, 3.8) is 0 Å². The Kier molecular flexibility index (Phi) is 8.14. The van der Waals surface area contributed by atoms with Crippen molar-refractivity contribution in [2.45, 2.75) is 50.4 Å². The zero-order valence-corrected chi connectivity index (χ0v) is 23.2. The number of hydrogen-bond donors (Lipinski definition) is 2. The van der Waals surface area contributed by atoms with Crippen LogP contribution in [0.5, 0.6) is 0 Å². The van der Waals surface area contributed by atoms with E-state index in [-0.39, 0.29) is 22.4 Å². The summed E-state index contributed by atoms with van der Waals surface area (Å²) in [4.78, 5) is 29.5. The van der Waals surface area contributed by atoms with Gasteiger partial charge in [0.15, 0.2) is 5.69 Å². The van der Waals surface area contributed by atoms with Crippen molar-refractivity contribution in [2.75, 3.05) is 0 Å². The number of alkyl halides is 5. The fraction of sp³-hybridized carbons (Fsp3) is 0.267. The number of benzene rings is 2. The van der Waals surface area contributed by atoms with Gasteiger partial charge in [0.1, 0.15) is 24.0 Å². The number of carbonyl (C=O) groups excluding carboxylic acids is 2. The highest BCUT2D eigenvalue weighted by Crippen LogP contribution is 2.42. The zero-order chi connectivity index (χ0) is 32.8. The Labute approximate surface area is 250 Å². The van der Waals surface area contributed by atoms with Gasteiger partial charge in [-0.15, -0.1) is 0 Å². The third-order valence-corrected chi connectivity index (χ3v) is 7.49. The highest BCUT2D eigenvalue weighted by molar-refractivity contribution is 5.94. The van der Waals surface area contributed by atoms with E-state index in [4.69, 9.17) is 5.73 Å². The second-order valence-electron chi connectivity index (χ2n) is 10.7. The quantitative estimate of drug-likeness (QED) is 0.236. The molecule has 0 spiro atoms. The number of amides is 2. The number of fused-ring (bicyclic) bond motifs is 1. The maximum atomic E-state index is 14.2. The van der Waals surface area contributed by atoms with E-state index in [1.54, 1.807) is 0 Å². The van der Waals surface area contributed by atoms with Gasteiger partial charge in [-0.2, -0.15) is 18.3 Å². The molecule has 2 amide bonds. The largest absolute Gasteiger partial charge is 0.435 e. The van der Waals surface area contributed by atoms with Gasteiger partial charge in [-0.3, -0.25) is 19.3 Å². The topological polar surface area (TPSA) is 103 Å². The molecular weight excluding hydrogens is 614 g/mol.